The molecule has 0 bridgehead atoms. The molecule has 0 unspecified atom stereocenters. The van der Waals surface area contributed by atoms with Gasteiger partial charge in [-0.15, -0.1) is 18.3 Å². The SMILES string of the molecule is O=C(N[C@]1([SiH3])CC[C@H](c2nnc(OCCOC(F)(F)F)o2)NC1)c1ccc(O)c(O)c1. The van der Waals surface area contributed by atoms with Crippen molar-refractivity contribution in [2.45, 2.75) is 30.4 Å². The Bertz CT molecular complexity index is 918. The molecule has 4 N–H and O–H groups in total. The van der Waals surface area contributed by atoms with Gasteiger partial charge in [-0.25, -0.2) is 0 Å². The van der Waals surface area contributed by atoms with Gasteiger partial charge in [-0.05, 0) is 31.0 Å². The number of piperidine rings is 1. The molecule has 1 aromatic carbocycles. The third kappa shape index (κ3) is 6.32. The van der Waals surface area contributed by atoms with Crippen LogP contribution in [0.2, 0.25) is 0 Å². The number of carbonyl (C=O) groups is 1. The molecule has 14 heteroatoms. The molecule has 1 aliphatic rings. The molecule has 1 amide bonds. The highest BCUT2D eigenvalue weighted by Gasteiger charge is 2.35. The number of halogens is 3. The number of nitrogens with zero attached hydrogens (tertiary/aromatic N) is 2. The van der Waals surface area contributed by atoms with Crippen LogP contribution in [-0.2, 0) is 4.74 Å². The van der Waals surface area contributed by atoms with Crippen LogP contribution in [0.25, 0.3) is 0 Å². The number of alkyl halides is 3. The van der Waals surface area contributed by atoms with Crippen molar-refractivity contribution < 1.29 is 42.1 Å². The maximum absolute atomic E-state index is 12.5. The molecule has 1 aliphatic heterocycles. The van der Waals surface area contributed by atoms with Gasteiger partial charge in [0.25, 0.3) is 5.91 Å². The molecule has 2 aromatic rings. The average molecular weight is 462 g/mol. The molecule has 1 fully saturated rings. The molecular formula is C17H21F3N4O6Si. The fraction of sp³-hybridized carbons (Fsp3) is 0.471. The first-order valence-electron chi connectivity index (χ1n) is 9.29. The minimum atomic E-state index is -4.73. The van der Waals surface area contributed by atoms with E-state index >= 15 is 0 Å². The quantitative estimate of drug-likeness (QED) is 0.260. The van der Waals surface area contributed by atoms with E-state index in [2.05, 4.69) is 25.6 Å². The third-order valence-corrected chi connectivity index (χ3v) is 5.77. The highest BCUT2D eigenvalue weighted by molar-refractivity contribution is 6.17. The second-order valence-electron chi connectivity index (χ2n) is 7.24. The summed E-state index contributed by atoms with van der Waals surface area (Å²) >= 11 is 0. The molecule has 0 radical (unpaired) electrons. The van der Waals surface area contributed by atoms with Gasteiger partial charge in [0.15, 0.2) is 11.5 Å². The first-order valence-corrected chi connectivity index (χ1v) is 10.3. The number of benzene rings is 1. The van der Waals surface area contributed by atoms with Crippen molar-refractivity contribution in [2.75, 3.05) is 19.8 Å². The molecule has 170 valence electrons. The predicted octanol–water partition coefficient (Wildman–Crippen LogP) is 0.312. The Morgan fingerprint density at radius 2 is 2.10 bits per heavy atom. The summed E-state index contributed by atoms with van der Waals surface area (Å²) < 4.78 is 49.6. The van der Waals surface area contributed by atoms with Crippen LogP contribution in [0.5, 0.6) is 17.6 Å². The van der Waals surface area contributed by atoms with Gasteiger partial charge in [0.05, 0.1) is 12.6 Å². The first-order chi connectivity index (χ1) is 14.5. The van der Waals surface area contributed by atoms with Crippen molar-refractivity contribution in [1.29, 1.82) is 0 Å². The minimum absolute atomic E-state index is 0.223. The number of hydrogen-bond donors (Lipinski definition) is 4. The van der Waals surface area contributed by atoms with Crippen molar-refractivity contribution >= 4 is 16.1 Å². The van der Waals surface area contributed by atoms with Crippen molar-refractivity contribution in [1.82, 2.24) is 20.8 Å². The second kappa shape index (κ2) is 9.11. The summed E-state index contributed by atoms with van der Waals surface area (Å²) in [6.45, 7) is -0.677. The van der Waals surface area contributed by atoms with Crippen LogP contribution < -0.4 is 15.4 Å². The molecule has 0 aliphatic carbocycles. The van der Waals surface area contributed by atoms with Gasteiger partial charge in [0, 0.05) is 27.5 Å². The Morgan fingerprint density at radius 1 is 1.32 bits per heavy atom. The van der Waals surface area contributed by atoms with Crippen LogP contribution in [0.4, 0.5) is 13.2 Å². The highest BCUT2D eigenvalue weighted by atomic mass is 28.1. The Kier molecular flexibility index (Phi) is 6.71. The van der Waals surface area contributed by atoms with Gasteiger partial charge in [-0.2, -0.15) is 0 Å². The smallest absolute Gasteiger partial charge is 0.504 e. The second-order valence-corrected chi connectivity index (χ2v) is 9.15. The number of ether oxygens (including phenoxy) is 2. The van der Waals surface area contributed by atoms with E-state index in [0.717, 1.165) is 0 Å². The standard InChI is InChI=1S/C17H21F3N4O6Si/c18-17(19,20)29-6-5-28-15-24-23-14(30-15)10-3-4-16(31,8-21-10)22-13(27)9-1-2-11(25)12(26)7-9/h1-2,7,10,21,25-26H,3-6,8H2,31H3,(H,22,27)/t10-,16+/m1/s1. The molecule has 3 rings (SSSR count). The molecule has 10 nitrogen and oxygen atoms in total. The monoisotopic (exact) mass is 462 g/mol. The van der Waals surface area contributed by atoms with Crippen LogP contribution in [0, 0.1) is 0 Å². The molecule has 1 aromatic heterocycles. The average Bonchev–Trinajstić information content (AvgIpc) is 3.16. The summed E-state index contributed by atoms with van der Waals surface area (Å²) in [5.41, 5.74) is 0.223. The Labute approximate surface area is 177 Å². The fourth-order valence-corrected chi connectivity index (χ4v) is 3.76. The lowest BCUT2D eigenvalue weighted by molar-refractivity contribution is -0.325. The number of phenolic OH excluding ortho intramolecular Hbond substituents is 2. The zero-order chi connectivity index (χ0) is 22.6. The lowest BCUT2D eigenvalue weighted by atomic mass is 9.99. The van der Waals surface area contributed by atoms with E-state index in [1.54, 1.807) is 0 Å². The van der Waals surface area contributed by atoms with Gasteiger partial charge in [-0.1, -0.05) is 5.10 Å². The van der Waals surface area contributed by atoms with Crippen LogP contribution in [-0.4, -0.2) is 67.8 Å². The van der Waals surface area contributed by atoms with E-state index in [1.807, 2.05) is 0 Å². The molecule has 1 saturated heterocycles. The molecule has 2 atom stereocenters. The van der Waals surface area contributed by atoms with Crippen molar-refractivity contribution in [3.05, 3.63) is 29.7 Å². The number of carbonyl (C=O) groups excluding carboxylic acids is 1. The lowest BCUT2D eigenvalue weighted by Crippen LogP contribution is -2.58. The Morgan fingerprint density at radius 3 is 2.74 bits per heavy atom. The van der Waals surface area contributed by atoms with Gasteiger partial charge in [-0.3, -0.25) is 9.53 Å². The number of amides is 1. The predicted molar refractivity (Wildman–Crippen MR) is 102 cm³/mol. The van der Waals surface area contributed by atoms with Crippen LogP contribution in [0.3, 0.4) is 0 Å². The molecule has 2 heterocycles. The van der Waals surface area contributed by atoms with E-state index < -0.39 is 24.7 Å². The van der Waals surface area contributed by atoms with Crippen molar-refractivity contribution in [3.63, 3.8) is 0 Å². The minimum Gasteiger partial charge on any atom is -0.504 e. The Hall–Kier alpha value is -2.84. The van der Waals surface area contributed by atoms with E-state index in [1.165, 1.54) is 18.2 Å². The summed E-state index contributed by atoms with van der Waals surface area (Å²) in [6.07, 6.45) is -3.82. The lowest BCUT2D eigenvalue weighted by Gasteiger charge is -2.38. The number of aromatic nitrogens is 2. The highest BCUT2D eigenvalue weighted by Crippen LogP contribution is 2.28. The molecule has 31 heavy (non-hydrogen) atoms. The van der Waals surface area contributed by atoms with E-state index in [-0.39, 0.29) is 41.0 Å². The summed E-state index contributed by atoms with van der Waals surface area (Å²) in [4.78, 5) is 12.5. The topological polar surface area (TPSA) is 139 Å². The number of aromatic hydroxyl groups is 2. The maximum Gasteiger partial charge on any atom is 0.522 e. The summed E-state index contributed by atoms with van der Waals surface area (Å²) in [5, 5.41) is 32.1. The zero-order valence-electron chi connectivity index (χ0n) is 16.4. The zero-order valence-corrected chi connectivity index (χ0v) is 18.4. The number of phenols is 2. The van der Waals surface area contributed by atoms with Gasteiger partial charge >= 0.3 is 12.4 Å². The molecule has 0 spiro atoms. The summed E-state index contributed by atoms with van der Waals surface area (Å²) in [5.74, 6) is -0.836. The van der Waals surface area contributed by atoms with Gasteiger partial charge in [0.2, 0.25) is 5.89 Å². The van der Waals surface area contributed by atoms with E-state index in [0.29, 0.717) is 29.6 Å². The first kappa shape index (κ1) is 22.8. The van der Waals surface area contributed by atoms with E-state index in [4.69, 9.17) is 9.15 Å². The van der Waals surface area contributed by atoms with Crippen molar-refractivity contribution in [2.24, 2.45) is 0 Å². The van der Waals surface area contributed by atoms with Crippen LogP contribution >= 0.6 is 0 Å². The van der Waals surface area contributed by atoms with Gasteiger partial charge in [0.1, 0.15) is 6.61 Å². The normalized spacial score (nSPS) is 21.7. The third-order valence-electron chi connectivity index (χ3n) is 4.67. The molecule has 0 saturated carbocycles. The number of rotatable bonds is 7. The number of hydrogen-bond acceptors (Lipinski definition) is 9. The van der Waals surface area contributed by atoms with Crippen LogP contribution in [0.1, 0.15) is 35.1 Å². The van der Waals surface area contributed by atoms with E-state index in [9.17, 15) is 28.2 Å². The van der Waals surface area contributed by atoms with Crippen molar-refractivity contribution in [3.8, 4) is 17.6 Å². The summed E-state index contributed by atoms with van der Waals surface area (Å²) in [7, 11) is 0.628. The van der Waals surface area contributed by atoms with Crippen LogP contribution in [0.15, 0.2) is 22.6 Å². The fourth-order valence-electron chi connectivity index (χ4n) is 3.04. The van der Waals surface area contributed by atoms with Gasteiger partial charge < -0.3 is 30.0 Å². The molecular weight excluding hydrogens is 441 g/mol. The maximum atomic E-state index is 12.5. The number of nitrogens with one attached hydrogen (secondary N) is 2. The summed E-state index contributed by atoms with van der Waals surface area (Å²) in [6, 6.07) is 3.54. The Balaban J connectivity index is 1.49. The largest absolute Gasteiger partial charge is 0.522 e.